The first-order valence-electron chi connectivity index (χ1n) is 8.04. The van der Waals surface area contributed by atoms with Crippen molar-refractivity contribution >= 4 is 17.2 Å². The van der Waals surface area contributed by atoms with Gasteiger partial charge in [0.25, 0.3) is 5.91 Å². The van der Waals surface area contributed by atoms with Gasteiger partial charge in [0.05, 0.1) is 6.20 Å². The molecule has 2 aromatic rings. The van der Waals surface area contributed by atoms with Gasteiger partial charge < -0.3 is 10.2 Å². The fraction of sp³-hybridized carbons (Fsp3) is 0.412. The van der Waals surface area contributed by atoms with Gasteiger partial charge >= 0.3 is 0 Å². The third-order valence-electron chi connectivity index (χ3n) is 4.86. The Labute approximate surface area is 142 Å². The zero-order chi connectivity index (χ0) is 16.7. The molecule has 3 saturated heterocycles. The Kier molecular flexibility index (Phi) is 4.05. The molecule has 5 rings (SSSR count). The SMILES string of the molecule is O=C(N[C@H]1CN2CCC1CC2)c1cnc(-c2ccc(F)cc2F)s1. The minimum Gasteiger partial charge on any atom is -0.347 e. The second-order valence-electron chi connectivity index (χ2n) is 6.37. The Bertz CT molecular complexity index is 771. The number of nitrogens with zero attached hydrogens (tertiary/aromatic N) is 2. The first kappa shape index (κ1) is 15.7. The van der Waals surface area contributed by atoms with Crippen LogP contribution in [0.4, 0.5) is 8.78 Å². The van der Waals surface area contributed by atoms with Gasteiger partial charge in [-0.15, -0.1) is 11.3 Å². The molecule has 3 fully saturated rings. The number of carbonyl (C=O) groups excluding carboxylic acids is 1. The van der Waals surface area contributed by atoms with Crippen LogP contribution < -0.4 is 5.32 Å². The maximum absolute atomic E-state index is 13.8. The largest absolute Gasteiger partial charge is 0.347 e. The number of carbonyl (C=O) groups is 1. The number of rotatable bonds is 3. The highest BCUT2D eigenvalue weighted by Crippen LogP contribution is 2.30. The normalized spacial score (nSPS) is 25.7. The fourth-order valence-corrected chi connectivity index (χ4v) is 4.38. The standard InChI is InChI=1S/C17H17F2N3OS/c18-11-1-2-12(13(19)7-11)17-20-8-15(24-17)16(23)21-14-9-22-5-3-10(14)4-6-22/h1-2,7-8,10,14H,3-6,9H2,(H,21,23)/t14-/m0/s1. The lowest BCUT2D eigenvalue weighted by molar-refractivity contribution is 0.0622. The lowest BCUT2D eigenvalue weighted by Gasteiger charge is -2.44. The molecule has 1 atom stereocenters. The number of amides is 1. The highest BCUT2D eigenvalue weighted by Gasteiger charge is 2.35. The van der Waals surface area contributed by atoms with Crippen molar-refractivity contribution in [1.29, 1.82) is 0 Å². The summed E-state index contributed by atoms with van der Waals surface area (Å²) in [6.45, 7) is 3.13. The number of halogens is 2. The van der Waals surface area contributed by atoms with E-state index in [2.05, 4.69) is 15.2 Å². The summed E-state index contributed by atoms with van der Waals surface area (Å²) in [5, 5.41) is 3.47. The Morgan fingerprint density at radius 3 is 2.75 bits per heavy atom. The van der Waals surface area contributed by atoms with Crippen LogP contribution in [0.2, 0.25) is 0 Å². The quantitative estimate of drug-likeness (QED) is 0.927. The molecule has 2 bridgehead atoms. The Morgan fingerprint density at radius 2 is 2.08 bits per heavy atom. The molecule has 0 aliphatic carbocycles. The second kappa shape index (κ2) is 6.22. The minimum atomic E-state index is -0.673. The topological polar surface area (TPSA) is 45.2 Å². The molecule has 0 spiro atoms. The highest BCUT2D eigenvalue weighted by molar-refractivity contribution is 7.16. The van der Waals surface area contributed by atoms with Crippen molar-refractivity contribution < 1.29 is 13.6 Å². The number of thiazole rings is 1. The average molecular weight is 349 g/mol. The molecule has 1 N–H and O–H groups in total. The lowest BCUT2D eigenvalue weighted by Crippen LogP contribution is -2.57. The van der Waals surface area contributed by atoms with Crippen molar-refractivity contribution in [1.82, 2.24) is 15.2 Å². The Hall–Kier alpha value is -1.86. The van der Waals surface area contributed by atoms with E-state index in [1.165, 1.54) is 18.3 Å². The van der Waals surface area contributed by atoms with E-state index in [-0.39, 0.29) is 17.5 Å². The summed E-state index contributed by atoms with van der Waals surface area (Å²) in [5.41, 5.74) is 0.211. The predicted molar refractivity (Wildman–Crippen MR) is 87.9 cm³/mol. The van der Waals surface area contributed by atoms with E-state index in [0.29, 0.717) is 15.8 Å². The van der Waals surface area contributed by atoms with Crippen LogP contribution in [0.25, 0.3) is 10.6 Å². The molecule has 1 amide bonds. The lowest BCUT2D eigenvalue weighted by atomic mass is 9.84. The molecule has 126 valence electrons. The maximum atomic E-state index is 13.8. The van der Waals surface area contributed by atoms with Gasteiger partial charge in [0.2, 0.25) is 0 Å². The fourth-order valence-electron chi connectivity index (χ4n) is 3.53. The summed E-state index contributed by atoms with van der Waals surface area (Å²) in [5.74, 6) is -0.928. The number of benzene rings is 1. The van der Waals surface area contributed by atoms with Crippen LogP contribution in [-0.4, -0.2) is 41.5 Å². The van der Waals surface area contributed by atoms with Gasteiger partial charge in [-0.3, -0.25) is 4.79 Å². The van der Waals surface area contributed by atoms with Gasteiger partial charge in [-0.05, 0) is 44.0 Å². The third kappa shape index (κ3) is 2.93. The Morgan fingerprint density at radius 1 is 1.29 bits per heavy atom. The molecule has 1 aromatic heterocycles. The molecule has 0 unspecified atom stereocenters. The number of aromatic nitrogens is 1. The number of piperidine rings is 3. The molecular weight excluding hydrogens is 332 g/mol. The molecule has 4 heterocycles. The van der Waals surface area contributed by atoms with E-state index in [9.17, 15) is 13.6 Å². The third-order valence-corrected chi connectivity index (χ3v) is 5.89. The molecule has 0 saturated carbocycles. The number of fused-ring (bicyclic) bond motifs is 3. The molecule has 0 radical (unpaired) electrons. The van der Waals surface area contributed by atoms with Crippen molar-refractivity contribution in [3.63, 3.8) is 0 Å². The van der Waals surface area contributed by atoms with Crippen LogP contribution in [0.3, 0.4) is 0 Å². The number of nitrogens with one attached hydrogen (secondary N) is 1. The van der Waals surface area contributed by atoms with Crippen LogP contribution >= 0.6 is 11.3 Å². The van der Waals surface area contributed by atoms with Crippen LogP contribution in [0.1, 0.15) is 22.5 Å². The van der Waals surface area contributed by atoms with Crippen molar-refractivity contribution in [2.45, 2.75) is 18.9 Å². The van der Waals surface area contributed by atoms with Gasteiger partial charge in [0.1, 0.15) is 21.5 Å². The summed E-state index contributed by atoms with van der Waals surface area (Å²) in [6, 6.07) is 3.53. The summed E-state index contributed by atoms with van der Waals surface area (Å²) in [4.78, 5) is 19.4. The van der Waals surface area contributed by atoms with Gasteiger partial charge in [0.15, 0.2) is 0 Å². The molecule has 1 aromatic carbocycles. The van der Waals surface area contributed by atoms with Crippen molar-refractivity contribution in [2.75, 3.05) is 19.6 Å². The van der Waals surface area contributed by atoms with Gasteiger partial charge in [0, 0.05) is 24.2 Å². The van der Waals surface area contributed by atoms with Crippen molar-refractivity contribution in [2.24, 2.45) is 5.92 Å². The molecule has 7 heteroatoms. The molecular formula is C17H17F2N3OS. The molecule has 3 aliphatic heterocycles. The molecule has 4 nitrogen and oxygen atoms in total. The zero-order valence-electron chi connectivity index (χ0n) is 13.0. The summed E-state index contributed by atoms with van der Waals surface area (Å²) < 4.78 is 26.8. The predicted octanol–water partition coefficient (Wildman–Crippen LogP) is 2.91. The highest BCUT2D eigenvalue weighted by atomic mass is 32.1. The minimum absolute atomic E-state index is 0.167. The number of hydrogen-bond acceptors (Lipinski definition) is 4. The second-order valence-corrected chi connectivity index (χ2v) is 7.40. The van der Waals surface area contributed by atoms with E-state index in [1.807, 2.05) is 0 Å². The molecule has 3 aliphatic rings. The Balaban J connectivity index is 1.49. The first-order valence-corrected chi connectivity index (χ1v) is 8.86. The maximum Gasteiger partial charge on any atom is 0.263 e. The molecule has 24 heavy (non-hydrogen) atoms. The zero-order valence-corrected chi connectivity index (χ0v) is 13.8. The smallest absolute Gasteiger partial charge is 0.263 e. The van der Waals surface area contributed by atoms with E-state index >= 15 is 0 Å². The van der Waals surface area contributed by atoms with E-state index in [1.54, 1.807) is 0 Å². The van der Waals surface area contributed by atoms with Crippen molar-refractivity contribution in [3.05, 3.63) is 40.9 Å². The van der Waals surface area contributed by atoms with Gasteiger partial charge in [-0.25, -0.2) is 13.8 Å². The average Bonchev–Trinajstić information content (AvgIpc) is 3.06. The van der Waals surface area contributed by atoms with E-state index in [0.717, 1.165) is 49.9 Å². The first-order chi connectivity index (χ1) is 11.6. The van der Waals surface area contributed by atoms with Crippen LogP contribution in [0, 0.1) is 17.6 Å². The van der Waals surface area contributed by atoms with E-state index in [4.69, 9.17) is 0 Å². The monoisotopic (exact) mass is 349 g/mol. The van der Waals surface area contributed by atoms with Crippen LogP contribution in [-0.2, 0) is 0 Å². The van der Waals surface area contributed by atoms with Gasteiger partial charge in [-0.1, -0.05) is 0 Å². The summed E-state index contributed by atoms with van der Waals surface area (Å²) in [7, 11) is 0. The summed E-state index contributed by atoms with van der Waals surface area (Å²) >= 11 is 1.12. The summed E-state index contributed by atoms with van der Waals surface area (Å²) in [6.07, 6.45) is 3.71. The van der Waals surface area contributed by atoms with Crippen LogP contribution in [0.15, 0.2) is 24.4 Å². The van der Waals surface area contributed by atoms with Gasteiger partial charge in [-0.2, -0.15) is 0 Å². The number of hydrogen-bond donors (Lipinski definition) is 1. The van der Waals surface area contributed by atoms with Crippen LogP contribution in [0.5, 0.6) is 0 Å². The van der Waals surface area contributed by atoms with E-state index < -0.39 is 11.6 Å². The van der Waals surface area contributed by atoms with Crippen molar-refractivity contribution in [3.8, 4) is 10.6 Å².